The molecular weight excluding hydrogens is 466 g/mol. The van der Waals surface area contributed by atoms with Gasteiger partial charge in [0, 0.05) is 76.9 Å². The van der Waals surface area contributed by atoms with E-state index >= 15 is 0 Å². The van der Waals surface area contributed by atoms with Crippen molar-refractivity contribution in [3.05, 3.63) is 0 Å². The van der Waals surface area contributed by atoms with E-state index in [-0.39, 0.29) is 60.6 Å². The second-order valence-electron chi connectivity index (χ2n) is 12.5. The topological polar surface area (TPSA) is 107 Å². The number of esters is 1. The average molecular weight is 510 g/mol. The molecule has 0 aromatic carbocycles. The number of aliphatic hydroxyl groups is 2. The van der Waals surface area contributed by atoms with Crippen molar-refractivity contribution < 1.29 is 38.7 Å². The summed E-state index contributed by atoms with van der Waals surface area (Å²) in [6.07, 6.45) is 1.59. The molecule has 204 valence electrons. The molecule has 0 unspecified atom stereocenters. The lowest BCUT2D eigenvalue weighted by atomic mass is 9.42. The number of rotatable bonds is 7. The molecule has 6 rings (SSSR count). The summed E-state index contributed by atoms with van der Waals surface area (Å²) in [5.74, 6) is -0.523. The van der Waals surface area contributed by atoms with Gasteiger partial charge in [-0.2, -0.15) is 0 Å². The second kappa shape index (κ2) is 8.10. The van der Waals surface area contributed by atoms with Crippen molar-refractivity contribution in [2.45, 2.75) is 81.2 Å². The first-order valence-corrected chi connectivity index (χ1v) is 13.6. The number of piperidine rings is 1. The van der Waals surface area contributed by atoms with E-state index in [0.29, 0.717) is 19.5 Å². The van der Waals surface area contributed by atoms with E-state index in [9.17, 15) is 15.0 Å². The van der Waals surface area contributed by atoms with Crippen LogP contribution in [0.15, 0.2) is 0 Å². The maximum Gasteiger partial charge on any atom is 0.302 e. The number of methoxy groups -OCH3 is 4. The monoisotopic (exact) mass is 509 g/mol. The average Bonchev–Trinajstić information content (AvgIpc) is 3.28. The first-order chi connectivity index (χ1) is 17.2. The van der Waals surface area contributed by atoms with Gasteiger partial charge < -0.3 is 33.9 Å². The molecule has 1 heterocycles. The highest BCUT2D eigenvalue weighted by atomic mass is 16.5. The Morgan fingerprint density at radius 3 is 2.42 bits per heavy atom. The Morgan fingerprint density at radius 1 is 1.08 bits per heavy atom. The Bertz CT molecular complexity index is 918. The minimum absolute atomic E-state index is 0.0457. The van der Waals surface area contributed by atoms with E-state index in [2.05, 4.69) is 11.8 Å². The molecule has 0 amide bonds. The molecule has 1 saturated heterocycles. The van der Waals surface area contributed by atoms with Crippen LogP contribution in [-0.2, 0) is 28.5 Å². The number of hydrogen-bond donors (Lipinski definition) is 2. The van der Waals surface area contributed by atoms with Crippen LogP contribution in [0.4, 0.5) is 0 Å². The minimum atomic E-state index is -1.56. The largest absolute Gasteiger partial charge is 0.465 e. The van der Waals surface area contributed by atoms with Crippen molar-refractivity contribution in [2.75, 3.05) is 48.1 Å². The van der Waals surface area contributed by atoms with Gasteiger partial charge in [0.2, 0.25) is 0 Å². The summed E-state index contributed by atoms with van der Waals surface area (Å²) in [4.78, 5) is 14.4. The predicted molar refractivity (Wildman–Crippen MR) is 128 cm³/mol. The molecule has 9 nitrogen and oxygen atoms in total. The van der Waals surface area contributed by atoms with Crippen molar-refractivity contribution >= 4 is 5.97 Å². The van der Waals surface area contributed by atoms with Crippen molar-refractivity contribution in [3.63, 3.8) is 0 Å². The predicted octanol–water partition coefficient (Wildman–Crippen LogP) is 0.842. The van der Waals surface area contributed by atoms with Crippen LogP contribution in [0, 0.1) is 34.5 Å². The van der Waals surface area contributed by atoms with E-state index < -0.39 is 28.1 Å². The lowest BCUT2D eigenvalue weighted by Gasteiger charge is -2.70. The summed E-state index contributed by atoms with van der Waals surface area (Å²) in [5.41, 5.74) is -3.91. The van der Waals surface area contributed by atoms with Gasteiger partial charge in [0.15, 0.2) is 0 Å². The zero-order chi connectivity index (χ0) is 25.8. The van der Waals surface area contributed by atoms with Gasteiger partial charge in [-0.1, -0.05) is 6.92 Å². The number of carbonyl (C=O) groups is 1. The molecule has 6 aliphatic rings. The SMILES string of the molecule is CCN1C[C@]2(COC(C)=O)CC[C@H](OC)[C@@]34[C@@H]5C[C@H]6[C@H](OC)[C@@H]5[C@](O)(C[C@@H]6OC)[C@@](O)([C@@H](OC)[C@H]23)[C@@H]14. The Hall–Kier alpha value is -0.810. The Labute approximate surface area is 213 Å². The Morgan fingerprint density at radius 2 is 1.83 bits per heavy atom. The van der Waals surface area contributed by atoms with Crippen LogP contribution in [0.3, 0.4) is 0 Å². The van der Waals surface area contributed by atoms with Crippen molar-refractivity contribution in [1.82, 2.24) is 4.90 Å². The molecule has 9 heteroatoms. The molecule has 13 atom stereocenters. The molecule has 6 fully saturated rings. The maximum absolute atomic E-state index is 13.1. The summed E-state index contributed by atoms with van der Waals surface area (Å²) < 4.78 is 30.5. The molecule has 1 aliphatic heterocycles. The molecule has 5 saturated carbocycles. The minimum Gasteiger partial charge on any atom is -0.465 e. The molecule has 5 aliphatic carbocycles. The van der Waals surface area contributed by atoms with Crippen LogP contribution in [0.5, 0.6) is 0 Å². The number of carbonyl (C=O) groups excluding carboxylic acids is 1. The van der Waals surface area contributed by atoms with Gasteiger partial charge in [-0.15, -0.1) is 0 Å². The number of ether oxygens (including phenoxy) is 5. The number of nitrogens with zero attached hydrogens (tertiary/aromatic N) is 1. The standard InChI is InChI=1S/C27H43NO8/c1-7-28-12-24(13-36-14(2)29)9-8-18(33-4)26-16-10-15-17(32-3)11-25(30,19(16)20(15)34-5)27(31,23(26)28)22(35-6)21(24)26/h15-23,30-31H,7-13H2,1-6H3/t15-,16-,17+,18+,19-,20+,21-,22+,23+,24+,25-,26+,27-/m1/s1. The summed E-state index contributed by atoms with van der Waals surface area (Å²) in [6.45, 7) is 5.22. The lowest BCUT2D eigenvalue weighted by molar-refractivity contribution is -0.320. The molecule has 0 aromatic rings. The fraction of sp³-hybridized carbons (Fsp3) is 0.963. The molecular formula is C27H43NO8. The molecule has 36 heavy (non-hydrogen) atoms. The third-order valence-corrected chi connectivity index (χ3v) is 11.9. The fourth-order valence-corrected chi connectivity index (χ4v) is 11.2. The third-order valence-electron chi connectivity index (χ3n) is 11.9. The quantitative estimate of drug-likeness (QED) is 0.483. The molecule has 0 radical (unpaired) electrons. The highest BCUT2D eigenvalue weighted by molar-refractivity contribution is 5.66. The summed E-state index contributed by atoms with van der Waals surface area (Å²) in [6, 6.07) is -0.348. The summed E-state index contributed by atoms with van der Waals surface area (Å²) >= 11 is 0. The van der Waals surface area contributed by atoms with E-state index in [1.165, 1.54) is 6.92 Å². The number of hydrogen-bond acceptors (Lipinski definition) is 9. The number of fused-ring (bicyclic) bond motifs is 2. The number of likely N-dealkylation sites (N-methyl/N-ethyl adjacent to an activating group) is 1. The lowest BCUT2D eigenvalue weighted by Crippen LogP contribution is -2.82. The van der Waals surface area contributed by atoms with Crippen LogP contribution in [0.25, 0.3) is 0 Å². The van der Waals surface area contributed by atoms with Crippen LogP contribution >= 0.6 is 0 Å². The van der Waals surface area contributed by atoms with E-state index in [4.69, 9.17) is 23.7 Å². The first kappa shape index (κ1) is 25.5. The Balaban J connectivity index is 1.65. The molecule has 2 N–H and O–H groups in total. The van der Waals surface area contributed by atoms with Gasteiger partial charge in [-0.3, -0.25) is 9.69 Å². The fourth-order valence-electron chi connectivity index (χ4n) is 11.2. The Kier molecular flexibility index (Phi) is 5.73. The molecule has 1 spiro atoms. The van der Waals surface area contributed by atoms with Crippen molar-refractivity contribution in [2.24, 2.45) is 34.5 Å². The maximum atomic E-state index is 13.1. The smallest absolute Gasteiger partial charge is 0.302 e. The zero-order valence-corrected chi connectivity index (χ0v) is 22.4. The second-order valence-corrected chi connectivity index (χ2v) is 12.5. The number of likely N-dealkylation sites (tertiary alicyclic amines) is 1. The van der Waals surface area contributed by atoms with E-state index in [0.717, 1.165) is 19.3 Å². The summed E-state index contributed by atoms with van der Waals surface area (Å²) in [7, 11) is 6.83. The molecule has 7 bridgehead atoms. The van der Waals surface area contributed by atoms with Crippen LogP contribution in [-0.4, -0.2) is 111 Å². The van der Waals surface area contributed by atoms with Gasteiger partial charge in [-0.05, 0) is 31.7 Å². The van der Waals surface area contributed by atoms with Crippen LogP contribution in [0.2, 0.25) is 0 Å². The highest BCUT2D eigenvalue weighted by Crippen LogP contribution is 2.80. The normalized spacial score (nSPS) is 56.6. The zero-order valence-electron chi connectivity index (χ0n) is 22.4. The van der Waals surface area contributed by atoms with E-state index in [1.807, 2.05) is 0 Å². The molecule has 0 aromatic heterocycles. The van der Waals surface area contributed by atoms with Crippen LogP contribution < -0.4 is 0 Å². The first-order valence-electron chi connectivity index (χ1n) is 13.6. The van der Waals surface area contributed by atoms with Gasteiger partial charge in [-0.25, -0.2) is 0 Å². The third kappa shape index (κ3) is 2.55. The highest BCUT2D eigenvalue weighted by Gasteiger charge is 2.91. The van der Waals surface area contributed by atoms with Crippen molar-refractivity contribution in [1.29, 1.82) is 0 Å². The van der Waals surface area contributed by atoms with Gasteiger partial charge in [0.25, 0.3) is 0 Å². The van der Waals surface area contributed by atoms with Gasteiger partial charge >= 0.3 is 5.97 Å². The van der Waals surface area contributed by atoms with Crippen molar-refractivity contribution in [3.8, 4) is 0 Å². The van der Waals surface area contributed by atoms with E-state index in [1.54, 1.807) is 28.4 Å². The van der Waals surface area contributed by atoms with Gasteiger partial charge in [0.1, 0.15) is 11.2 Å². The van der Waals surface area contributed by atoms with Gasteiger partial charge in [0.05, 0.1) is 37.1 Å². The van der Waals surface area contributed by atoms with Crippen LogP contribution in [0.1, 0.15) is 39.5 Å². The summed E-state index contributed by atoms with van der Waals surface area (Å²) in [5, 5.41) is 26.0.